The van der Waals surface area contributed by atoms with Gasteiger partial charge in [-0.1, -0.05) is 0 Å². The van der Waals surface area contributed by atoms with E-state index in [1.807, 2.05) is 10.6 Å². The topological polar surface area (TPSA) is 268 Å². The summed E-state index contributed by atoms with van der Waals surface area (Å²) in [5, 5.41) is 32.4. The van der Waals surface area contributed by atoms with Crippen molar-refractivity contribution in [3.05, 3.63) is 0 Å². The van der Waals surface area contributed by atoms with Crippen molar-refractivity contribution < 1.29 is 48.9 Å². The molecular formula is C15H23N5O10. The Bertz CT molecular complexity index is 710. The second-order valence-corrected chi connectivity index (χ2v) is 6.04. The fourth-order valence-electron chi connectivity index (χ4n) is 2.03. The molecule has 15 heteroatoms. The van der Waals surface area contributed by atoms with Gasteiger partial charge in [0, 0.05) is 6.42 Å². The van der Waals surface area contributed by atoms with Gasteiger partial charge in [-0.2, -0.15) is 0 Å². The maximum Gasteiger partial charge on any atom is 0.326 e. The number of carboxylic acid groups (broad SMARTS) is 3. The molecule has 0 radical (unpaired) electrons. The van der Waals surface area contributed by atoms with Gasteiger partial charge in [-0.3, -0.25) is 28.8 Å². The normalized spacial score (nSPS) is 13.2. The van der Waals surface area contributed by atoms with Crippen LogP contribution in [0.3, 0.4) is 0 Å². The van der Waals surface area contributed by atoms with Crippen LogP contribution in [0.1, 0.15) is 25.7 Å². The maximum atomic E-state index is 12.2. The Labute approximate surface area is 169 Å². The van der Waals surface area contributed by atoms with Crippen molar-refractivity contribution in [2.24, 2.45) is 11.5 Å². The van der Waals surface area contributed by atoms with Gasteiger partial charge < -0.3 is 42.7 Å². The third-order valence-corrected chi connectivity index (χ3v) is 3.47. The molecule has 10 N–H and O–H groups in total. The lowest BCUT2D eigenvalue weighted by molar-refractivity contribution is -0.144. The largest absolute Gasteiger partial charge is 0.481 e. The van der Waals surface area contributed by atoms with E-state index >= 15 is 0 Å². The fourth-order valence-corrected chi connectivity index (χ4v) is 2.03. The van der Waals surface area contributed by atoms with Crippen molar-refractivity contribution in [1.82, 2.24) is 16.0 Å². The minimum atomic E-state index is -1.70. The molecule has 0 aromatic rings. The molecule has 3 unspecified atom stereocenters. The number of rotatable bonds is 14. The van der Waals surface area contributed by atoms with Gasteiger partial charge in [-0.05, 0) is 6.42 Å². The number of carboxylic acids is 3. The smallest absolute Gasteiger partial charge is 0.326 e. The number of amides is 4. The first-order chi connectivity index (χ1) is 13.8. The van der Waals surface area contributed by atoms with Crippen molar-refractivity contribution in [2.45, 2.75) is 43.8 Å². The van der Waals surface area contributed by atoms with Gasteiger partial charge in [-0.15, -0.1) is 0 Å². The molecule has 0 aromatic heterocycles. The molecule has 15 nitrogen and oxygen atoms in total. The van der Waals surface area contributed by atoms with Crippen molar-refractivity contribution in [3.63, 3.8) is 0 Å². The standard InChI is InChI=1S/C15H23N5O10/c16-6(3-12(25)26)13(27)18-5-10(22)19-7(1-2-11(23)24)14(28)20-8(15(29)30)4-9(17)21/h6-8H,1-5,16H2,(H2,17,21)(H,18,27)(H,19,22)(H,20,28)(H,23,24)(H,25,26)(H,29,30). The highest BCUT2D eigenvalue weighted by atomic mass is 16.4. The number of hydrogen-bond donors (Lipinski definition) is 8. The minimum Gasteiger partial charge on any atom is -0.481 e. The summed E-state index contributed by atoms with van der Waals surface area (Å²) in [5.74, 6) is -8.24. The number of primary amides is 1. The summed E-state index contributed by atoms with van der Waals surface area (Å²) in [4.78, 5) is 79.0. The molecule has 0 bridgehead atoms. The summed E-state index contributed by atoms with van der Waals surface area (Å²) < 4.78 is 0. The molecule has 0 saturated heterocycles. The van der Waals surface area contributed by atoms with E-state index in [9.17, 15) is 33.6 Å². The number of carbonyl (C=O) groups is 7. The van der Waals surface area contributed by atoms with Gasteiger partial charge in [0.25, 0.3) is 0 Å². The summed E-state index contributed by atoms with van der Waals surface area (Å²) in [6.45, 7) is -0.716. The Morgan fingerprint density at radius 1 is 0.800 bits per heavy atom. The van der Waals surface area contributed by atoms with Crippen LogP contribution >= 0.6 is 0 Å². The first-order valence-corrected chi connectivity index (χ1v) is 8.41. The van der Waals surface area contributed by atoms with Crippen LogP contribution in [-0.4, -0.2) is 81.5 Å². The lowest BCUT2D eigenvalue weighted by Gasteiger charge is -2.21. The Morgan fingerprint density at radius 2 is 1.40 bits per heavy atom. The van der Waals surface area contributed by atoms with Crippen LogP contribution < -0.4 is 27.4 Å². The Hall–Kier alpha value is -3.75. The molecule has 0 rings (SSSR count). The van der Waals surface area contributed by atoms with E-state index in [4.69, 9.17) is 26.8 Å². The SMILES string of the molecule is NC(=O)CC(NC(=O)C(CCC(=O)O)NC(=O)CNC(=O)C(N)CC(=O)O)C(=O)O. The van der Waals surface area contributed by atoms with E-state index in [1.54, 1.807) is 0 Å². The summed E-state index contributed by atoms with van der Waals surface area (Å²) in [6.07, 6.45) is -2.42. The van der Waals surface area contributed by atoms with E-state index < -0.39 is 91.9 Å². The van der Waals surface area contributed by atoms with Crippen LogP contribution in [0.4, 0.5) is 0 Å². The lowest BCUT2D eigenvalue weighted by atomic mass is 10.1. The van der Waals surface area contributed by atoms with Crippen LogP contribution in [0, 0.1) is 0 Å². The Balaban J connectivity index is 5.00. The monoisotopic (exact) mass is 433 g/mol. The van der Waals surface area contributed by atoms with Crippen molar-refractivity contribution >= 4 is 41.5 Å². The molecule has 0 fully saturated rings. The van der Waals surface area contributed by atoms with Gasteiger partial charge >= 0.3 is 17.9 Å². The summed E-state index contributed by atoms with van der Waals surface area (Å²) in [7, 11) is 0. The van der Waals surface area contributed by atoms with Crippen LogP contribution in [0.5, 0.6) is 0 Å². The first kappa shape index (κ1) is 26.2. The third-order valence-electron chi connectivity index (χ3n) is 3.47. The van der Waals surface area contributed by atoms with Crippen molar-refractivity contribution in [1.29, 1.82) is 0 Å². The van der Waals surface area contributed by atoms with Crippen LogP contribution in [0.25, 0.3) is 0 Å². The molecule has 4 amide bonds. The Morgan fingerprint density at radius 3 is 1.87 bits per heavy atom. The van der Waals surface area contributed by atoms with E-state index in [2.05, 4.69) is 5.32 Å². The van der Waals surface area contributed by atoms with E-state index in [0.717, 1.165) is 0 Å². The number of aliphatic carboxylic acids is 3. The summed E-state index contributed by atoms with van der Waals surface area (Å²) in [6, 6.07) is -4.63. The fraction of sp³-hybridized carbons (Fsp3) is 0.533. The molecule has 30 heavy (non-hydrogen) atoms. The average molecular weight is 433 g/mol. The van der Waals surface area contributed by atoms with Crippen LogP contribution in [0.15, 0.2) is 0 Å². The minimum absolute atomic E-state index is 0.428. The molecule has 0 heterocycles. The molecule has 0 aromatic carbocycles. The molecule has 0 aliphatic heterocycles. The van der Waals surface area contributed by atoms with E-state index in [1.165, 1.54) is 0 Å². The zero-order chi connectivity index (χ0) is 23.4. The molecule has 0 spiro atoms. The zero-order valence-corrected chi connectivity index (χ0v) is 15.6. The number of carbonyl (C=O) groups excluding carboxylic acids is 4. The van der Waals surface area contributed by atoms with E-state index in [0.29, 0.717) is 0 Å². The molecule has 0 saturated carbocycles. The number of nitrogens with one attached hydrogen (secondary N) is 3. The maximum absolute atomic E-state index is 12.2. The lowest BCUT2D eigenvalue weighted by Crippen LogP contribution is -2.54. The predicted molar refractivity (Wildman–Crippen MR) is 95.4 cm³/mol. The highest BCUT2D eigenvalue weighted by Gasteiger charge is 2.28. The summed E-state index contributed by atoms with van der Waals surface area (Å²) >= 11 is 0. The van der Waals surface area contributed by atoms with Gasteiger partial charge in [0.15, 0.2) is 0 Å². The average Bonchev–Trinajstić information content (AvgIpc) is 2.61. The first-order valence-electron chi connectivity index (χ1n) is 8.41. The van der Waals surface area contributed by atoms with Gasteiger partial charge in [0.05, 0.1) is 25.4 Å². The third kappa shape index (κ3) is 11.2. The van der Waals surface area contributed by atoms with Crippen LogP contribution in [-0.2, 0) is 33.6 Å². The molecule has 0 aliphatic carbocycles. The second kappa shape index (κ2) is 12.7. The zero-order valence-electron chi connectivity index (χ0n) is 15.6. The molecule has 0 aliphatic rings. The van der Waals surface area contributed by atoms with E-state index in [-0.39, 0.29) is 0 Å². The van der Waals surface area contributed by atoms with Gasteiger partial charge in [-0.25, -0.2) is 4.79 Å². The highest BCUT2D eigenvalue weighted by molar-refractivity contribution is 5.94. The van der Waals surface area contributed by atoms with Crippen LogP contribution in [0.2, 0.25) is 0 Å². The molecular weight excluding hydrogens is 410 g/mol. The number of nitrogens with two attached hydrogens (primary N) is 2. The summed E-state index contributed by atoms with van der Waals surface area (Å²) in [5.41, 5.74) is 10.2. The van der Waals surface area contributed by atoms with Gasteiger partial charge in [0.1, 0.15) is 12.1 Å². The highest BCUT2D eigenvalue weighted by Crippen LogP contribution is 2.01. The predicted octanol–water partition coefficient (Wildman–Crippen LogP) is -4.30. The van der Waals surface area contributed by atoms with Gasteiger partial charge in [0.2, 0.25) is 23.6 Å². The Kier molecular flexibility index (Phi) is 11.1. The van der Waals surface area contributed by atoms with Crippen molar-refractivity contribution in [2.75, 3.05) is 6.54 Å². The molecule has 168 valence electrons. The molecule has 3 atom stereocenters. The quantitative estimate of drug-likeness (QED) is 0.130. The van der Waals surface area contributed by atoms with Crippen molar-refractivity contribution in [3.8, 4) is 0 Å². The second-order valence-electron chi connectivity index (χ2n) is 6.04. The number of hydrogen-bond acceptors (Lipinski definition) is 8.